The Labute approximate surface area is 183 Å². The number of hydrogen-bond donors (Lipinski definition) is 0. The molecule has 0 unspecified atom stereocenters. The van der Waals surface area contributed by atoms with Crippen molar-refractivity contribution in [3.63, 3.8) is 0 Å². The summed E-state index contributed by atoms with van der Waals surface area (Å²) in [5.41, 5.74) is 2.02. The van der Waals surface area contributed by atoms with E-state index < -0.39 is 5.97 Å². The summed E-state index contributed by atoms with van der Waals surface area (Å²) >= 11 is 0. The van der Waals surface area contributed by atoms with E-state index in [1.165, 1.54) is 6.92 Å². The maximum absolute atomic E-state index is 13.5. The topological polar surface area (TPSA) is 66.9 Å². The number of piperazine rings is 1. The number of carbonyl (C=O) groups is 3. The molecule has 0 aromatic heterocycles. The van der Waals surface area contributed by atoms with Crippen LogP contribution in [0.2, 0.25) is 0 Å². The summed E-state index contributed by atoms with van der Waals surface area (Å²) in [5, 5.41) is 0. The second-order valence-corrected chi connectivity index (χ2v) is 7.87. The first kappa shape index (κ1) is 22.7. The Balaban J connectivity index is 1.51. The fourth-order valence-electron chi connectivity index (χ4n) is 3.87. The van der Waals surface area contributed by atoms with E-state index in [9.17, 15) is 14.4 Å². The fourth-order valence-corrected chi connectivity index (χ4v) is 3.87. The molecule has 0 bridgehead atoms. The molecule has 0 aliphatic carbocycles. The maximum atomic E-state index is 13.5. The first-order valence-corrected chi connectivity index (χ1v) is 10.8. The van der Waals surface area contributed by atoms with Crippen molar-refractivity contribution in [3.8, 4) is 0 Å². The summed E-state index contributed by atoms with van der Waals surface area (Å²) < 4.78 is 5.08. The Bertz CT molecular complexity index is 822. The Hall–Kier alpha value is -2.99. The third-order valence-corrected chi connectivity index (χ3v) is 5.47. The fraction of sp³-hybridized carbons (Fsp3) is 0.400. The van der Waals surface area contributed by atoms with E-state index in [0.29, 0.717) is 26.1 Å². The Morgan fingerprint density at radius 2 is 1.42 bits per heavy atom. The van der Waals surface area contributed by atoms with E-state index in [1.807, 2.05) is 65.6 Å². The normalized spacial score (nSPS) is 14.5. The average molecular weight is 423 g/mol. The highest BCUT2D eigenvalue weighted by molar-refractivity contribution is 5.94. The number of benzene rings is 2. The van der Waals surface area contributed by atoms with Gasteiger partial charge in [-0.1, -0.05) is 60.7 Å². The number of hydrogen-bond acceptors (Lipinski definition) is 5. The zero-order valence-electron chi connectivity index (χ0n) is 18.0. The average Bonchev–Trinajstić information content (AvgIpc) is 2.78. The van der Waals surface area contributed by atoms with Crippen LogP contribution in [0.25, 0.3) is 0 Å². The van der Waals surface area contributed by atoms with Crippen LogP contribution in [0.15, 0.2) is 60.7 Å². The lowest BCUT2D eigenvalue weighted by molar-refractivity contribution is -0.146. The third-order valence-electron chi connectivity index (χ3n) is 5.47. The smallest absolute Gasteiger partial charge is 0.313 e. The molecule has 1 saturated heterocycles. The number of Topliss-reactive ketones (excluding diaryl/α,β-unsaturated/α-hetero) is 1. The van der Waals surface area contributed by atoms with Gasteiger partial charge in [0.25, 0.3) is 0 Å². The van der Waals surface area contributed by atoms with E-state index >= 15 is 0 Å². The lowest BCUT2D eigenvalue weighted by Gasteiger charge is -2.36. The quantitative estimate of drug-likeness (QED) is 0.353. The molecule has 3 rings (SSSR count). The zero-order chi connectivity index (χ0) is 22.1. The molecule has 1 aliphatic heterocycles. The van der Waals surface area contributed by atoms with Crippen LogP contribution < -0.4 is 0 Å². The number of esters is 1. The van der Waals surface area contributed by atoms with Gasteiger partial charge >= 0.3 is 5.97 Å². The molecule has 0 radical (unpaired) electrons. The minimum Gasteiger partial charge on any atom is -0.465 e. The van der Waals surface area contributed by atoms with E-state index in [4.69, 9.17) is 4.74 Å². The Kier molecular flexibility index (Phi) is 8.35. The molecule has 2 aromatic rings. The van der Waals surface area contributed by atoms with Gasteiger partial charge in [-0.25, -0.2) is 0 Å². The van der Waals surface area contributed by atoms with Crippen molar-refractivity contribution in [3.05, 3.63) is 71.8 Å². The van der Waals surface area contributed by atoms with Gasteiger partial charge in [0.05, 0.1) is 12.5 Å². The summed E-state index contributed by atoms with van der Waals surface area (Å²) in [6.07, 6.45) is 0.555. The third kappa shape index (κ3) is 6.76. The molecule has 2 aromatic carbocycles. The van der Waals surface area contributed by atoms with Gasteiger partial charge in [-0.15, -0.1) is 0 Å². The number of nitrogens with zero attached hydrogens (tertiary/aromatic N) is 2. The van der Waals surface area contributed by atoms with Gasteiger partial charge in [-0.05, 0) is 24.5 Å². The SMILES string of the molecule is CC(=O)CC(=O)OCCCN1CCN(C(=O)C(c2ccccc2)c2ccccc2)CC1. The lowest BCUT2D eigenvalue weighted by Crippen LogP contribution is -2.50. The molecule has 6 heteroatoms. The van der Waals surface area contributed by atoms with Crippen molar-refractivity contribution < 1.29 is 19.1 Å². The number of carbonyl (C=O) groups excluding carboxylic acids is 3. The summed E-state index contributed by atoms with van der Waals surface area (Å²) in [4.78, 5) is 40.0. The van der Waals surface area contributed by atoms with Crippen LogP contribution >= 0.6 is 0 Å². The largest absolute Gasteiger partial charge is 0.465 e. The molecule has 0 saturated carbocycles. The van der Waals surface area contributed by atoms with Gasteiger partial charge in [-0.3, -0.25) is 19.3 Å². The number of ketones is 1. The van der Waals surface area contributed by atoms with Gasteiger partial charge in [-0.2, -0.15) is 0 Å². The van der Waals surface area contributed by atoms with Crippen LogP contribution in [-0.4, -0.2) is 66.8 Å². The molecule has 0 spiro atoms. The predicted molar refractivity (Wildman–Crippen MR) is 119 cm³/mol. The summed E-state index contributed by atoms with van der Waals surface area (Å²) in [6, 6.07) is 19.9. The monoisotopic (exact) mass is 422 g/mol. The van der Waals surface area contributed by atoms with Gasteiger partial charge < -0.3 is 9.64 Å². The van der Waals surface area contributed by atoms with Crippen LogP contribution in [0.3, 0.4) is 0 Å². The van der Waals surface area contributed by atoms with Crippen molar-refractivity contribution >= 4 is 17.7 Å². The van der Waals surface area contributed by atoms with Crippen LogP contribution in [0.5, 0.6) is 0 Å². The molecule has 1 aliphatic rings. The second-order valence-electron chi connectivity index (χ2n) is 7.87. The molecular weight excluding hydrogens is 392 g/mol. The Morgan fingerprint density at radius 1 is 0.871 bits per heavy atom. The molecule has 1 fully saturated rings. The van der Waals surface area contributed by atoms with Crippen molar-refractivity contribution in [2.45, 2.75) is 25.7 Å². The highest BCUT2D eigenvalue weighted by atomic mass is 16.5. The second kappa shape index (κ2) is 11.4. The zero-order valence-corrected chi connectivity index (χ0v) is 18.0. The maximum Gasteiger partial charge on any atom is 0.313 e. The van der Waals surface area contributed by atoms with E-state index in [0.717, 1.165) is 30.8 Å². The minimum atomic E-state index is -0.462. The molecule has 6 nitrogen and oxygen atoms in total. The molecule has 164 valence electrons. The van der Waals surface area contributed by atoms with Gasteiger partial charge in [0, 0.05) is 32.7 Å². The van der Waals surface area contributed by atoms with Crippen molar-refractivity contribution in [2.75, 3.05) is 39.3 Å². The summed E-state index contributed by atoms with van der Waals surface area (Å²) in [5.74, 6) is -0.810. The minimum absolute atomic E-state index is 0.134. The highest BCUT2D eigenvalue weighted by Gasteiger charge is 2.29. The van der Waals surface area contributed by atoms with E-state index in [1.54, 1.807) is 0 Å². The molecule has 1 amide bonds. The number of ether oxygens (including phenoxy) is 1. The Morgan fingerprint density at radius 3 is 1.94 bits per heavy atom. The lowest BCUT2D eigenvalue weighted by atomic mass is 9.90. The standard InChI is InChI=1S/C25H30N2O4/c1-20(28)19-23(29)31-18-8-13-26-14-16-27(17-15-26)25(30)24(21-9-4-2-5-10-21)22-11-6-3-7-12-22/h2-7,9-12,24H,8,13-19H2,1H3. The van der Waals surface area contributed by atoms with Gasteiger partial charge in [0.2, 0.25) is 5.91 Å². The highest BCUT2D eigenvalue weighted by Crippen LogP contribution is 2.27. The van der Waals surface area contributed by atoms with Gasteiger partial charge in [0.1, 0.15) is 12.2 Å². The van der Waals surface area contributed by atoms with Gasteiger partial charge in [0.15, 0.2) is 0 Å². The predicted octanol–water partition coefficient (Wildman–Crippen LogP) is 2.88. The first-order valence-electron chi connectivity index (χ1n) is 10.8. The van der Waals surface area contributed by atoms with Crippen LogP contribution in [0.1, 0.15) is 36.8 Å². The number of rotatable bonds is 9. The molecule has 0 atom stereocenters. The van der Waals surface area contributed by atoms with Crippen molar-refractivity contribution in [1.82, 2.24) is 9.80 Å². The van der Waals surface area contributed by atoms with Crippen LogP contribution in [0.4, 0.5) is 0 Å². The van der Waals surface area contributed by atoms with Crippen LogP contribution in [0, 0.1) is 0 Å². The number of amides is 1. The molecular formula is C25H30N2O4. The van der Waals surface area contributed by atoms with Crippen molar-refractivity contribution in [2.24, 2.45) is 0 Å². The molecule has 1 heterocycles. The molecule has 0 N–H and O–H groups in total. The van der Waals surface area contributed by atoms with Crippen molar-refractivity contribution in [1.29, 1.82) is 0 Å². The first-order chi connectivity index (χ1) is 15.0. The van der Waals surface area contributed by atoms with E-state index in [2.05, 4.69) is 4.90 Å². The molecule has 31 heavy (non-hydrogen) atoms. The van der Waals surface area contributed by atoms with Crippen LogP contribution in [-0.2, 0) is 19.1 Å². The summed E-state index contributed by atoms with van der Waals surface area (Å²) in [7, 11) is 0. The van der Waals surface area contributed by atoms with E-state index in [-0.39, 0.29) is 24.0 Å². The summed E-state index contributed by atoms with van der Waals surface area (Å²) in [6.45, 7) is 5.44.